The van der Waals surface area contributed by atoms with Crippen molar-refractivity contribution in [1.29, 1.82) is 0 Å². The van der Waals surface area contributed by atoms with Crippen LogP contribution in [0.2, 0.25) is 0 Å². The van der Waals surface area contributed by atoms with Crippen molar-refractivity contribution in [3.63, 3.8) is 0 Å². The van der Waals surface area contributed by atoms with Gasteiger partial charge in [0.25, 0.3) is 0 Å². The molecule has 27 heavy (non-hydrogen) atoms. The number of amides is 2. The third kappa shape index (κ3) is 4.64. The highest BCUT2D eigenvalue weighted by atomic mass is 32.2. The summed E-state index contributed by atoms with van der Waals surface area (Å²) in [5.41, 5.74) is 1.33. The lowest BCUT2D eigenvalue weighted by Crippen LogP contribution is -2.44. The minimum Gasteiger partial charge on any atom is -0.453 e. The van der Waals surface area contributed by atoms with Crippen molar-refractivity contribution in [1.82, 2.24) is 9.80 Å². The fourth-order valence-corrected chi connectivity index (χ4v) is 5.93. The molecule has 3 rings (SSSR count). The fraction of sp³-hybridized carbons (Fsp3) is 0.810. The lowest BCUT2D eigenvalue weighted by atomic mass is 9.81. The molecule has 3 heterocycles. The summed E-state index contributed by atoms with van der Waals surface area (Å²) >= 11 is 1.83. The first-order chi connectivity index (χ1) is 12.7. The summed E-state index contributed by atoms with van der Waals surface area (Å²) in [6.07, 6.45) is 5.96. The van der Waals surface area contributed by atoms with E-state index in [1.165, 1.54) is 13.5 Å². The maximum absolute atomic E-state index is 13.1. The van der Waals surface area contributed by atoms with Gasteiger partial charge in [0.2, 0.25) is 5.91 Å². The number of thioether (sulfide) groups is 1. The SMILES string of the molecule is COC(=O)N1CCC(C2(C)CC(C(=O)N3CCCC(C)(C)CC3)=CS2)CC1. The fourth-order valence-electron chi connectivity index (χ4n) is 4.66. The molecule has 0 aromatic carbocycles. The second-order valence-electron chi connectivity index (χ2n) is 9.29. The van der Waals surface area contributed by atoms with Crippen LogP contribution in [0.4, 0.5) is 4.79 Å². The molecule has 1 atom stereocenters. The molecule has 3 aliphatic rings. The molecule has 5 nitrogen and oxygen atoms in total. The second kappa shape index (κ2) is 8.06. The van der Waals surface area contributed by atoms with E-state index in [4.69, 9.17) is 4.74 Å². The summed E-state index contributed by atoms with van der Waals surface area (Å²) in [7, 11) is 1.44. The lowest BCUT2D eigenvalue weighted by Gasteiger charge is -2.39. The van der Waals surface area contributed by atoms with Gasteiger partial charge in [-0.25, -0.2) is 4.79 Å². The van der Waals surface area contributed by atoms with Crippen LogP contribution >= 0.6 is 11.8 Å². The van der Waals surface area contributed by atoms with E-state index < -0.39 is 0 Å². The number of carbonyl (C=O) groups excluding carboxylic acids is 2. The van der Waals surface area contributed by atoms with Crippen LogP contribution in [0.5, 0.6) is 0 Å². The molecule has 0 saturated carbocycles. The number of hydrogen-bond donors (Lipinski definition) is 0. The Morgan fingerprint density at radius 3 is 2.44 bits per heavy atom. The first kappa shape index (κ1) is 20.6. The van der Waals surface area contributed by atoms with Crippen LogP contribution in [0, 0.1) is 11.3 Å². The van der Waals surface area contributed by atoms with Gasteiger partial charge in [0.1, 0.15) is 0 Å². The van der Waals surface area contributed by atoms with Gasteiger partial charge in [-0.2, -0.15) is 0 Å². The van der Waals surface area contributed by atoms with Crippen LogP contribution in [0.1, 0.15) is 59.3 Å². The normalized spacial score (nSPS) is 29.3. The van der Waals surface area contributed by atoms with Crippen molar-refractivity contribution in [3.05, 3.63) is 11.0 Å². The van der Waals surface area contributed by atoms with Gasteiger partial charge < -0.3 is 14.5 Å². The minimum atomic E-state index is -0.226. The quantitative estimate of drug-likeness (QED) is 0.701. The Morgan fingerprint density at radius 1 is 1.07 bits per heavy atom. The summed E-state index contributed by atoms with van der Waals surface area (Å²) in [6.45, 7) is 10.2. The Kier molecular flexibility index (Phi) is 6.14. The Morgan fingerprint density at radius 2 is 1.78 bits per heavy atom. The van der Waals surface area contributed by atoms with E-state index in [-0.39, 0.29) is 16.7 Å². The highest BCUT2D eigenvalue weighted by molar-refractivity contribution is 8.03. The van der Waals surface area contributed by atoms with Crippen LogP contribution in [0.25, 0.3) is 0 Å². The predicted molar refractivity (Wildman–Crippen MR) is 110 cm³/mol. The lowest BCUT2D eigenvalue weighted by molar-refractivity contribution is -0.127. The van der Waals surface area contributed by atoms with Crippen molar-refractivity contribution in [3.8, 4) is 0 Å². The van der Waals surface area contributed by atoms with Gasteiger partial charge in [-0.05, 0) is 62.2 Å². The molecule has 0 N–H and O–H groups in total. The first-order valence-corrected chi connectivity index (χ1v) is 11.1. The summed E-state index contributed by atoms with van der Waals surface area (Å²) in [4.78, 5) is 28.7. The average molecular weight is 395 g/mol. The number of nitrogens with zero attached hydrogens (tertiary/aromatic N) is 2. The van der Waals surface area contributed by atoms with E-state index >= 15 is 0 Å². The molecule has 0 aromatic rings. The van der Waals surface area contributed by atoms with Crippen LogP contribution in [-0.4, -0.2) is 59.8 Å². The van der Waals surface area contributed by atoms with Gasteiger partial charge in [-0.15, -0.1) is 11.8 Å². The largest absolute Gasteiger partial charge is 0.453 e. The van der Waals surface area contributed by atoms with Gasteiger partial charge in [0.15, 0.2) is 0 Å². The number of ether oxygens (including phenoxy) is 1. The van der Waals surface area contributed by atoms with E-state index in [9.17, 15) is 9.59 Å². The number of likely N-dealkylation sites (tertiary alicyclic amines) is 2. The molecule has 2 amide bonds. The van der Waals surface area contributed by atoms with Crippen molar-refractivity contribution >= 4 is 23.8 Å². The summed E-state index contributed by atoms with van der Waals surface area (Å²) in [6, 6.07) is 0. The monoisotopic (exact) mass is 394 g/mol. The minimum absolute atomic E-state index is 0.0678. The Bertz CT molecular complexity index is 611. The maximum atomic E-state index is 13.1. The maximum Gasteiger partial charge on any atom is 0.409 e. The van der Waals surface area contributed by atoms with Gasteiger partial charge in [-0.1, -0.05) is 13.8 Å². The molecule has 0 aromatic heterocycles. The third-order valence-electron chi connectivity index (χ3n) is 6.71. The zero-order valence-electron chi connectivity index (χ0n) is 17.3. The molecule has 152 valence electrons. The van der Waals surface area contributed by atoms with Crippen LogP contribution < -0.4 is 0 Å². The molecular formula is C21H34N2O3S. The summed E-state index contributed by atoms with van der Waals surface area (Å²) in [5, 5.41) is 2.12. The van der Waals surface area contributed by atoms with Crippen molar-refractivity contribution < 1.29 is 14.3 Å². The first-order valence-electron chi connectivity index (χ1n) is 10.2. The molecule has 0 spiro atoms. The molecule has 6 heteroatoms. The molecule has 0 radical (unpaired) electrons. The third-order valence-corrected chi connectivity index (χ3v) is 8.12. The summed E-state index contributed by atoms with van der Waals surface area (Å²) in [5.74, 6) is 0.768. The Hall–Kier alpha value is -1.17. The van der Waals surface area contributed by atoms with Crippen molar-refractivity contribution in [2.45, 2.75) is 64.0 Å². The zero-order valence-corrected chi connectivity index (χ0v) is 18.1. The Labute approximate surface area is 167 Å². The van der Waals surface area contributed by atoms with Crippen molar-refractivity contribution in [2.24, 2.45) is 11.3 Å². The molecule has 3 aliphatic heterocycles. The number of methoxy groups -OCH3 is 1. The number of rotatable bonds is 2. The predicted octanol–water partition coefficient (Wildman–Crippen LogP) is 4.28. The smallest absolute Gasteiger partial charge is 0.409 e. The van der Waals surface area contributed by atoms with Crippen LogP contribution in [0.15, 0.2) is 11.0 Å². The standard InChI is InChI=1S/C21H34N2O3S/c1-20(2)8-5-10-22(13-9-20)18(24)16-14-21(3,27-15-16)17-6-11-23(12-7-17)19(25)26-4/h15,17H,5-14H2,1-4H3. The van der Waals surface area contributed by atoms with Gasteiger partial charge in [0.05, 0.1) is 7.11 Å². The average Bonchev–Trinajstić information content (AvgIpc) is 2.97. The van der Waals surface area contributed by atoms with Crippen LogP contribution in [-0.2, 0) is 9.53 Å². The van der Waals surface area contributed by atoms with E-state index in [0.29, 0.717) is 11.3 Å². The molecule has 0 aliphatic carbocycles. The van der Waals surface area contributed by atoms with Gasteiger partial charge >= 0.3 is 6.09 Å². The molecule has 2 fully saturated rings. The molecular weight excluding hydrogens is 360 g/mol. The van der Waals surface area contributed by atoms with Crippen LogP contribution in [0.3, 0.4) is 0 Å². The Balaban J connectivity index is 1.56. The van der Waals surface area contributed by atoms with Gasteiger partial charge in [-0.3, -0.25) is 4.79 Å². The molecule has 1 unspecified atom stereocenters. The zero-order chi connectivity index (χ0) is 19.7. The van der Waals surface area contributed by atoms with Crippen molar-refractivity contribution in [2.75, 3.05) is 33.3 Å². The van der Waals surface area contributed by atoms with Gasteiger partial charge in [0, 0.05) is 36.5 Å². The second-order valence-corrected chi connectivity index (χ2v) is 10.7. The van der Waals surface area contributed by atoms with E-state index in [1.807, 2.05) is 11.8 Å². The van der Waals surface area contributed by atoms with E-state index in [2.05, 4.69) is 31.1 Å². The molecule has 2 saturated heterocycles. The topological polar surface area (TPSA) is 49.9 Å². The highest BCUT2D eigenvalue weighted by Crippen LogP contribution is 2.49. The number of piperidine rings is 1. The summed E-state index contributed by atoms with van der Waals surface area (Å²) < 4.78 is 4.91. The van der Waals surface area contributed by atoms with E-state index in [1.54, 1.807) is 4.90 Å². The molecule has 0 bridgehead atoms. The number of hydrogen-bond acceptors (Lipinski definition) is 4. The van der Waals surface area contributed by atoms with E-state index in [0.717, 1.165) is 63.9 Å². The number of carbonyl (C=O) groups is 2. The highest BCUT2D eigenvalue weighted by Gasteiger charge is 2.42.